The second kappa shape index (κ2) is 4.01. The average molecular weight is 236 g/mol. The second-order valence-corrected chi connectivity index (χ2v) is 5.41. The predicted octanol–water partition coefficient (Wildman–Crippen LogP) is 1.77. The summed E-state index contributed by atoms with van der Waals surface area (Å²) < 4.78 is 11.2. The van der Waals surface area contributed by atoms with Gasteiger partial charge in [-0.3, -0.25) is 0 Å². The summed E-state index contributed by atoms with van der Waals surface area (Å²) in [6.07, 6.45) is 0. The van der Waals surface area contributed by atoms with Crippen LogP contribution >= 0.6 is 0 Å². The number of fused-ring (bicyclic) bond motifs is 1. The molecule has 18 heavy (non-hydrogen) atoms. The molecule has 1 unspecified atom stereocenters. The van der Waals surface area contributed by atoms with E-state index in [1.54, 1.807) is 6.92 Å². The largest absolute Gasteiger partial charge is 0.500 e. The van der Waals surface area contributed by atoms with Gasteiger partial charge in [-0.25, -0.2) is 0 Å². The Morgan fingerprint density at radius 1 is 1.06 bits per heavy atom. The summed E-state index contributed by atoms with van der Waals surface area (Å²) in [5.74, 6) is 1.50. The summed E-state index contributed by atoms with van der Waals surface area (Å²) >= 11 is 0. The third-order valence-corrected chi connectivity index (χ3v) is 3.33. The maximum Gasteiger partial charge on any atom is 0.161 e. The first-order valence-corrected chi connectivity index (χ1v) is 6.03. The Balaban J connectivity index is 2.51. The van der Waals surface area contributed by atoms with Crippen LogP contribution in [0.1, 0.15) is 37.8 Å². The number of rotatable bonds is 1. The molecule has 1 aromatic rings. The van der Waals surface area contributed by atoms with Crippen LogP contribution in [0.5, 0.6) is 11.5 Å². The van der Waals surface area contributed by atoms with Crippen LogP contribution in [0.3, 0.4) is 0 Å². The fourth-order valence-electron chi connectivity index (χ4n) is 2.05. The molecule has 0 aromatic heterocycles. The van der Waals surface area contributed by atoms with Crippen molar-refractivity contribution in [3.05, 3.63) is 23.3 Å². The van der Waals surface area contributed by atoms with Crippen molar-refractivity contribution in [3.63, 3.8) is 0 Å². The van der Waals surface area contributed by atoms with E-state index >= 15 is 0 Å². The molecule has 0 N–H and O–H groups in total. The van der Waals surface area contributed by atoms with Crippen molar-refractivity contribution >= 4 is 23.5 Å². The van der Waals surface area contributed by atoms with Crippen molar-refractivity contribution in [3.8, 4) is 11.5 Å². The lowest BCUT2D eigenvalue weighted by molar-refractivity contribution is 0.0206. The number of hydrogen-bond acceptors (Lipinski definition) is 2. The van der Waals surface area contributed by atoms with Gasteiger partial charge >= 0.3 is 0 Å². The Kier molecular flexibility index (Phi) is 2.99. The first-order valence-electron chi connectivity index (χ1n) is 6.03. The monoisotopic (exact) mass is 236 g/mol. The number of benzene rings is 1. The van der Waals surface area contributed by atoms with Crippen LogP contribution in [0.4, 0.5) is 0 Å². The Morgan fingerprint density at radius 2 is 1.61 bits per heavy atom. The molecule has 0 bridgehead atoms. The molecule has 0 spiro atoms. The topological polar surface area (TPSA) is 18.5 Å². The van der Waals surface area contributed by atoms with Gasteiger partial charge in [-0.15, -0.1) is 0 Å². The summed E-state index contributed by atoms with van der Waals surface area (Å²) in [5.41, 5.74) is 1.03. The molecule has 1 heterocycles. The third kappa shape index (κ3) is 2.04. The van der Waals surface area contributed by atoms with E-state index in [1.165, 1.54) is 5.56 Å². The first kappa shape index (κ1) is 13.4. The average Bonchev–Trinajstić information content (AvgIpc) is 2.18. The van der Waals surface area contributed by atoms with Crippen LogP contribution in [0, 0.1) is 6.92 Å². The highest BCUT2D eigenvalue weighted by atomic mass is 16.6. The first-order chi connectivity index (χ1) is 8.14. The molecule has 2 nitrogen and oxygen atoms in total. The van der Waals surface area contributed by atoms with E-state index in [-0.39, 0.29) is 0 Å². The van der Waals surface area contributed by atoms with Gasteiger partial charge in [0.25, 0.3) is 0 Å². The van der Waals surface area contributed by atoms with E-state index in [1.807, 2.05) is 19.1 Å². The minimum atomic E-state index is -1.55. The van der Waals surface area contributed by atoms with Gasteiger partial charge in [-0.1, -0.05) is 13.8 Å². The van der Waals surface area contributed by atoms with Crippen LogP contribution in [0.2, 0.25) is 0 Å². The molecule has 2 rings (SSSR count). The molecule has 5 heteroatoms. The molecule has 88 valence electrons. The molecule has 0 saturated carbocycles. The second-order valence-electron chi connectivity index (χ2n) is 5.41. The highest BCUT2D eigenvalue weighted by molar-refractivity contribution is 6.44. The molecule has 0 saturated heterocycles. The SMILES string of the molecule is [B]C1([B])Oc2cc(C(C)C)c(C)cc2OC1([B])C. The van der Waals surface area contributed by atoms with Gasteiger partial charge in [0.1, 0.15) is 23.5 Å². The fraction of sp³-hybridized carbons (Fsp3) is 0.538. The van der Waals surface area contributed by atoms with E-state index < -0.39 is 10.9 Å². The van der Waals surface area contributed by atoms with E-state index in [2.05, 4.69) is 13.8 Å². The van der Waals surface area contributed by atoms with Crippen LogP contribution in [0.15, 0.2) is 12.1 Å². The van der Waals surface area contributed by atoms with Gasteiger partial charge in [-0.2, -0.15) is 0 Å². The van der Waals surface area contributed by atoms with Gasteiger partial charge in [-0.05, 0) is 43.0 Å². The Hall–Kier alpha value is -0.985. The molecule has 1 aromatic carbocycles. The van der Waals surface area contributed by atoms with Crippen molar-refractivity contribution in [1.82, 2.24) is 0 Å². The molecular formula is C13H15B3O2. The Bertz CT molecular complexity index is 481. The lowest BCUT2D eigenvalue weighted by Gasteiger charge is -2.48. The highest BCUT2D eigenvalue weighted by Crippen LogP contribution is 2.42. The van der Waals surface area contributed by atoms with E-state index in [4.69, 9.17) is 33.0 Å². The van der Waals surface area contributed by atoms with Crippen molar-refractivity contribution in [2.24, 2.45) is 0 Å². The summed E-state index contributed by atoms with van der Waals surface area (Å²) in [6, 6.07) is 3.82. The Morgan fingerprint density at radius 3 is 2.17 bits per heavy atom. The van der Waals surface area contributed by atoms with Gasteiger partial charge in [0.15, 0.2) is 11.5 Å². The summed E-state index contributed by atoms with van der Waals surface area (Å²) in [6.45, 7) is 7.86. The van der Waals surface area contributed by atoms with Crippen LogP contribution in [-0.2, 0) is 0 Å². The van der Waals surface area contributed by atoms with Crippen molar-refractivity contribution in [1.29, 1.82) is 0 Å². The molecule has 1 aliphatic rings. The van der Waals surface area contributed by atoms with E-state index in [0.29, 0.717) is 17.4 Å². The van der Waals surface area contributed by atoms with Gasteiger partial charge < -0.3 is 9.47 Å². The molecule has 6 radical (unpaired) electrons. The molecule has 0 amide bonds. The molecule has 0 fully saturated rings. The minimum absolute atomic E-state index is 0.384. The van der Waals surface area contributed by atoms with Gasteiger partial charge in [0.05, 0.1) is 10.9 Å². The van der Waals surface area contributed by atoms with Crippen molar-refractivity contribution in [2.75, 3.05) is 0 Å². The van der Waals surface area contributed by atoms with Crippen LogP contribution in [-0.4, -0.2) is 34.4 Å². The summed E-state index contributed by atoms with van der Waals surface area (Å²) in [7, 11) is 17.6. The lowest BCUT2D eigenvalue weighted by atomic mass is 9.49. The normalized spacial score (nSPS) is 25.2. The molecule has 1 aliphatic heterocycles. The zero-order chi connectivity index (χ0) is 13.7. The zero-order valence-corrected chi connectivity index (χ0v) is 11.3. The molecule has 1 atom stereocenters. The van der Waals surface area contributed by atoms with Crippen LogP contribution < -0.4 is 9.47 Å². The number of ether oxygens (including phenoxy) is 2. The third-order valence-electron chi connectivity index (χ3n) is 3.33. The number of aryl methyl sites for hydroxylation is 1. The Labute approximate surface area is 113 Å². The fourth-order valence-corrected chi connectivity index (χ4v) is 2.05. The smallest absolute Gasteiger partial charge is 0.161 e. The molecular weight excluding hydrogens is 221 g/mol. The van der Waals surface area contributed by atoms with Crippen LogP contribution in [0.25, 0.3) is 0 Å². The minimum Gasteiger partial charge on any atom is -0.500 e. The maximum absolute atomic E-state index is 5.92. The zero-order valence-electron chi connectivity index (χ0n) is 11.3. The van der Waals surface area contributed by atoms with Crippen molar-refractivity contribution in [2.45, 2.75) is 44.5 Å². The molecule has 0 aliphatic carbocycles. The summed E-state index contributed by atoms with van der Waals surface area (Å²) in [5, 5.41) is -1.55. The maximum atomic E-state index is 5.92. The highest BCUT2D eigenvalue weighted by Gasteiger charge is 2.43. The summed E-state index contributed by atoms with van der Waals surface area (Å²) in [4.78, 5) is 0. The van der Waals surface area contributed by atoms with Crippen molar-refractivity contribution < 1.29 is 9.47 Å². The van der Waals surface area contributed by atoms with E-state index in [0.717, 1.165) is 5.56 Å². The lowest BCUT2D eigenvalue weighted by Crippen LogP contribution is -2.63. The standard InChI is InChI=1S/C13H15B3O2/c1-7(2)9-6-11-10(5-8(9)3)17-12(4,14)13(15,16)18-11/h5-7H,1-4H3. The quantitative estimate of drug-likeness (QED) is 0.691. The van der Waals surface area contributed by atoms with Gasteiger partial charge in [0, 0.05) is 0 Å². The number of hydrogen-bond donors (Lipinski definition) is 0. The van der Waals surface area contributed by atoms with E-state index in [9.17, 15) is 0 Å². The predicted molar refractivity (Wildman–Crippen MR) is 74.9 cm³/mol. The van der Waals surface area contributed by atoms with Gasteiger partial charge in [0.2, 0.25) is 0 Å².